The van der Waals surface area contributed by atoms with Gasteiger partial charge in [-0.05, 0) is 23.8 Å². The van der Waals surface area contributed by atoms with Crippen LogP contribution >= 0.6 is 27.7 Å². The van der Waals surface area contributed by atoms with E-state index in [1.54, 1.807) is 0 Å². The first-order chi connectivity index (χ1) is 4.70. The largest absolute Gasteiger partial charge is 0.250 e. The highest BCUT2D eigenvalue weighted by atomic mass is 79.9. The summed E-state index contributed by atoms with van der Waals surface area (Å²) in [5, 5.41) is 0. The van der Waals surface area contributed by atoms with E-state index in [1.165, 1.54) is 0 Å². The number of hydrogen-bond acceptors (Lipinski definition) is 1. The van der Waals surface area contributed by atoms with Crippen molar-refractivity contribution in [2.24, 2.45) is 5.92 Å². The van der Waals surface area contributed by atoms with Crippen molar-refractivity contribution in [3.63, 3.8) is 0 Å². The second-order valence-corrected chi connectivity index (χ2v) is 4.74. The molecule has 0 aliphatic carbocycles. The Hall–Kier alpha value is 0.690. The summed E-state index contributed by atoms with van der Waals surface area (Å²) >= 11 is 4.79. The summed E-state index contributed by atoms with van der Waals surface area (Å²) < 4.78 is 23.8. The highest BCUT2D eigenvalue weighted by Gasteiger charge is 2.25. The third-order valence-corrected chi connectivity index (χ3v) is 3.73. The lowest BCUT2D eigenvalue weighted by Crippen LogP contribution is -2.24. The van der Waals surface area contributed by atoms with Crippen LogP contribution in [0.15, 0.2) is 0 Å². The molecule has 1 heterocycles. The van der Waals surface area contributed by atoms with Crippen LogP contribution in [-0.2, 0) is 0 Å². The first-order valence-corrected chi connectivity index (χ1v) is 5.27. The smallest absolute Gasteiger partial charge is 0.209 e. The molecule has 0 saturated carbocycles. The summed E-state index contributed by atoms with van der Waals surface area (Å²) in [6, 6.07) is 0. The average Bonchev–Trinajstić information content (AvgIpc) is 1.77. The zero-order valence-corrected chi connectivity index (χ0v) is 7.80. The maximum absolute atomic E-state index is 11.9. The first kappa shape index (κ1) is 8.78. The molecule has 60 valence electrons. The molecule has 0 bridgehead atoms. The van der Waals surface area contributed by atoms with Crippen LogP contribution in [0.5, 0.6) is 0 Å². The summed E-state index contributed by atoms with van der Waals surface area (Å²) in [4.78, 5) is -0.585. The van der Waals surface area contributed by atoms with E-state index in [2.05, 4.69) is 15.9 Å². The summed E-state index contributed by atoms with van der Waals surface area (Å²) in [6.45, 7) is 0. The van der Waals surface area contributed by atoms with E-state index in [1.807, 2.05) is 11.8 Å². The molecule has 0 N–H and O–H groups in total. The van der Waals surface area contributed by atoms with Crippen molar-refractivity contribution in [1.82, 2.24) is 0 Å². The molecular weight excluding hydrogens is 222 g/mol. The van der Waals surface area contributed by atoms with Gasteiger partial charge in [0.25, 0.3) is 6.43 Å². The lowest BCUT2D eigenvalue weighted by atomic mass is 10.1. The number of hydrogen-bond donors (Lipinski definition) is 0. The van der Waals surface area contributed by atoms with Crippen molar-refractivity contribution in [2.45, 2.75) is 17.7 Å². The topological polar surface area (TPSA) is 0 Å². The Morgan fingerprint density at radius 1 is 1.50 bits per heavy atom. The minimum absolute atomic E-state index is 0.531. The molecule has 0 spiro atoms. The van der Waals surface area contributed by atoms with Gasteiger partial charge in [-0.15, -0.1) is 0 Å². The van der Waals surface area contributed by atoms with E-state index in [0.717, 1.165) is 11.5 Å². The predicted molar refractivity (Wildman–Crippen MR) is 44.2 cm³/mol. The van der Waals surface area contributed by atoms with Gasteiger partial charge in [0.15, 0.2) is 0 Å². The van der Waals surface area contributed by atoms with Crippen LogP contribution < -0.4 is 0 Å². The van der Waals surface area contributed by atoms with E-state index in [9.17, 15) is 8.78 Å². The van der Waals surface area contributed by atoms with E-state index in [4.69, 9.17) is 0 Å². The van der Waals surface area contributed by atoms with E-state index in [-0.39, 0.29) is 0 Å². The van der Waals surface area contributed by atoms with Crippen LogP contribution in [0.2, 0.25) is 0 Å². The fourth-order valence-corrected chi connectivity index (χ4v) is 2.21. The van der Waals surface area contributed by atoms with Gasteiger partial charge in [-0.3, -0.25) is 0 Å². The lowest BCUT2D eigenvalue weighted by molar-refractivity contribution is 0.139. The van der Waals surface area contributed by atoms with Crippen molar-refractivity contribution in [2.75, 3.05) is 11.5 Å². The van der Waals surface area contributed by atoms with Crippen LogP contribution in [0.3, 0.4) is 0 Å². The minimum atomic E-state index is -2.20. The van der Waals surface area contributed by atoms with Gasteiger partial charge in [0.2, 0.25) is 0 Å². The fraction of sp³-hybridized carbons (Fsp3) is 1.00. The Balaban J connectivity index is 2.10. The number of alkyl halides is 3. The Morgan fingerprint density at radius 2 is 2.10 bits per heavy atom. The fourth-order valence-electron chi connectivity index (χ4n) is 0.842. The van der Waals surface area contributed by atoms with Crippen molar-refractivity contribution in [3.8, 4) is 0 Å². The number of rotatable bonds is 3. The van der Waals surface area contributed by atoms with Crippen LogP contribution in [0.4, 0.5) is 8.78 Å². The molecule has 1 saturated heterocycles. The van der Waals surface area contributed by atoms with Gasteiger partial charge in [0.05, 0.1) is 4.83 Å². The summed E-state index contributed by atoms with van der Waals surface area (Å²) in [5.41, 5.74) is 0. The highest BCUT2D eigenvalue weighted by molar-refractivity contribution is 9.09. The maximum atomic E-state index is 11.9. The minimum Gasteiger partial charge on any atom is -0.209 e. The Labute approximate surface area is 71.9 Å². The number of thioether (sulfide) groups is 1. The normalized spacial score (nSPS) is 22.8. The molecule has 0 aromatic rings. The van der Waals surface area contributed by atoms with E-state index >= 15 is 0 Å². The zero-order valence-electron chi connectivity index (χ0n) is 5.40. The van der Waals surface area contributed by atoms with Gasteiger partial charge in [0.1, 0.15) is 0 Å². The highest BCUT2D eigenvalue weighted by Crippen LogP contribution is 2.31. The monoisotopic (exact) mass is 230 g/mol. The molecule has 0 aromatic heterocycles. The Kier molecular flexibility index (Phi) is 3.43. The third kappa shape index (κ3) is 2.38. The van der Waals surface area contributed by atoms with Gasteiger partial charge >= 0.3 is 0 Å². The molecule has 1 fully saturated rings. The average molecular weight is 231 g/mol. The van der Waals surface area contributed by atoms with Crippen LogP contribution in [0, 0.1) is 5.92 Å². The first-order valence-electron chi connectivity index (χ1n) is 3.20. The van der Waals surface area contributed by atoms with Gasteiger partial charge in [0, 0.05) is 0 Å². The molecule has 0 radical (unpaired) electrons. The van der Waals surface area contributed by atoms with Gasteiger partial charge < -0.3 is 0 Å². The standard InChI is InChI=1S/C6H9BrF2S/c7-5(6(8)9)1-4-2-10-3-4/h4-6H,1-3H2. The summed E-state index contributed by atoms with van der Waals surface area (Å²) in [7, 11) is 0. The van der Waals surface area contributed by atoms with Crippen LogP contribution in [0.25, 0.3) is 0 Å². The third-order valence-electron chi connectivity index (χ3n) is 1.54. The quantitative estimate of drug-likeness (QED) is 0.673. The van der Waals surface area contributed by atoms with Crippen LogP contribution in [-0.4, -0.2) is 22.8 Å². The molecule has 1 unspecified atom stereocenters. The summed E-state index contributed by atoms with van der Waals surface area (Å²) in [5.74, 6) is 2.66. The van der Waals surface area contributed by atoms with E-state index in [0.29, 0.717) is 12.3 Å². The molecule has 0 amide bonds. The molecule has 1 aliphatic rings. The molecule has 0 aromatic carbocycles. The molecule has 1 aliphatic heterocycles. The second-order valence-electron chi connectivity index (χ2n) is 2.49. The molecular formula is C6H9BrF2S. The van der Waals surface area contributed by atoms with Crippen molar-refractivity contribution in [3.05, 3.63) is 0 Å². The second kappa shape index (κ2) is 3.90. The molecule has 1 rings (SSSR count). The van der Waals surface area contributed by atoms with E-state index < -0.39 is 11.3 Å². The summed E-state index contributed by atoms with van der Waals surface area (Å²) in [6.07, 6.45) is -1.57. The lowest BCUT2D eigenvalue weighted by Gasteiger charge is -2.26. The van der Waals surface area contributed by atoms with Gasteiger partial charge in [-0.1, -0.05) is 15.9 Å². The Bertz CT molecular complexity index is 106. The van der Waals surface area contributed by atoms with Gasteiger partial charge in [-0.25, -0.2) is 8.78 Å². The molecule has 1 atom stereocenters. The number of halogens is 3. The molecule has 10 heavy (non-hydrogen) atoms. The van der Waals surface area contributed by atoms with Crippen LogP contribution in [0.1, 0.15) is 6.42 Å². The van der Waals surface area contributed by atoms with Crippen molar-refractivity contribution >= 4 is 27.7 Å². The Morgan fingerprint density at radius 3 is 2.40 bits per heavy atom. The molecule has 4 heteroatoms. The SMILES string of the molecule is FC(F)C(Br)CC1CSC1. The maximum Gasteiger partial charge on any atom is 0.250 e. The predicted octanol–water partition coefficient (Wildman–Crippen LogP) is 2.77. The van der Waals surface area contributed by atoms with Crippen molar-refractivity contribution in [1.29, 1.82) is 0 Å². The molecule has 0 nitrogen and oxygen atoms in total. The zero-order chi connectivity index (χ0) is 7.56. The van der Waals surface area contributed by atoms with Gasteiger partial charge in [-0.2, -0.15) is 11.8 Å². The van der Waals surface area contributed by atoms with Crippen molar-refractivity contribution < 1.29 is 8.78 Å².